The van der Waals surface area contributed by atoms with E-state index in [9.17, 15) is 0 Å². The first-order valence-electron chi connectivity index (χ1n) is 8.74. The molecule has 0 amide bonds. The molecule has 0 bridgehead atoms. The van der Waals surface area contributed by atoms with Gasteiger partial charge in [-0.2, -0.15) is 11.3 Å². The van der Waals surface area contributed by atoms with Crippen LogP contribution in [0.25, 0.3) is 11.5 Å². The minimum atomic E-state index is 0.682. The third kappa shape index (κ3) is 3.48. The topological polar surface area (TPSA) is 47.7 Å². The van der Waals surface area contributed by atoms with Crippen LogP contribution in [0, 0.1) is 6.92 Å². The largest absolute Gasteiger partial charge is 0.493 e. The molecule has 0 fully saturated rings. The van der Waals surface area contributed by atoms with E-state index in [0.717, 1.165) is 60.1 Å². The Labute approximate surface area is 157 Å². The summed E-state index contributed by atoms with van der Waals surface area (Å²) in [5, 5.41) is 4.10. The number of hydrogen-bond acceptors (Lipinski definition) is 6. The number of nitrogens with zero attached hydrogens (tertiary/aromatic N) is 2. The second-order valence-corrected chi connectivity index (χ2v) is 7.18. The standard InChI is InChI=1S/C20H22N2O3S/c1-14-17(21-20(25-14)16-7-10-26-13-16)12-22-8-4-9-24-19-15(11-22)5-3-6-18(19)23-2/h3,5-7,10,13H,4,8-9,11-12H2,1-2H3. The number of oxazole rings is 1. The summed E-state index contributed by atoms with van der Waals surface area (Å²) in [7, 11) is 1.68. The van der Waals surface area contributed by atoms with E-state index in [2.05, 4.69) is 16.3 Å². The summed E-state index contributed by atoms with van der Waals surface area (Å²) < 4.78 is 17.3. The van der Waals surface area contributed by atoms with E-state index in [0.29, 0.717) is 12.5 Å². The van der Waals surface area contributed by atoms with Crippen LogP contribution >= 0.6 is 11.3 Å². The van der Waals surface area contributed by atoms with E-state index in [-0.39, 0.29) is 0 Å². The Morgan fingerprint density at radius 3 is 3.04 bits per heavy atom. The van der Waals surface area contributed by atoms with Gasteiger partial charge in [-0.15, -0.1) is 0 Å². The van der Waals surface area contributed by atoms with E-state index < -0.39 is 0 Å². The molecule has 1 aliphatic rings. The van der Waals surface area contributed by atoms with Crippen molar-refractivity contribution in [3.05, 3.63) is 52.0 Å². The van der Waals surface area contributed by atoms with Gasteiger partial charge < -0.3 is 13.9 Å². The molecule has 0 unspecified atom stereocenters. The maximum absolute atomic E-state index is 5.94. The Kier molecular flexibility index (Phi) is 4.95. The highest BCUT2D eigenvalue weighted by Gasteiger charge is 2.20. The molecule has 0 spiro atoms. The van der Waals surface area contributed by atoms with E-state index in [4.69, 9.17) is 18.9 Å². The number of hydrogen-bond donors (Lipinski definition) is 0. The molecule has 0 saturated heterocycles. The van der Waals surface area contributed by atoms with Crippen LogP contribution in [0.5, 0.6) is 11.5 Å². The Hall–Kier alpha value is -2.31. The lowest BCUT2D eigenvalue weighted by Gasteiger charge is -2.26. The van der Waals surface area contributed by atoms with Crippen molar-refractivity contribution in [3.8, 4) is 23.0 Å². The van der Waals surface area contributed by atoms with Crippen LogP contribution in [0.2, 0.25) is 0 Å². The summed E-state index contributed by atoms with van der Waals surface area (Å²) in [5.41, 5.74) is 3.18. The number of aryl methyl sites for hydroxylation is 1. The number of para-hydroxylation sites is 1. The van der Waals surface area contributed by atoms with Crippen LogP contribution in [0.3, 0.4) is 0 Å². The Balaban J connectivity index is 1.56. The van der Waals surface area contributed by atoms with E-state index in [1.165, 1.54) is 0 Å². The van der Waals surface area contributed by atoms with Crippen molar-refractivity contribution in [3.63, 3.8) is 0 Å². The van der Waals surface area contributed by atoms with Crippen LogP contribution in [-0.4, -0.2) is 30.1 Å². The number of fused-ring (bicyclic) bond motifs is 1. The van der Waals surface area contributed by atoms with E-state index >= 15 is 0 Å². The van der Waals surface area contributed by atoms with Crippen molar-refractivity contribution in [2.75, 3.05) is 20.3 Å². The highest BCUT2D eigenvalue weighted by Crippen LogP contribution is 2.33. The van der Waals surface area contributed by atoms with Gasteiger partial charge >= 0.3 is 0 Å². The predicted molar refractivity (Wildman–Crippen MR) is 102 cm³/mol. The van der Waals surface area contributed by atoms with Crippen molar-refractivity contribution < 1.29 is 13.9 Å². The smallest absolute Gasteiger partial charge is 0.227 e. The summed E-state index contributed by atoms with van der Waals surface area (Å²) in [5.74, 6) is 3.24. The minimum Gasteiger partial charge on any atom is -0.493 e. The van der Waals surface area contributed by atoms with Gasteiger partial charge in [0.15, 0.2) is 11.5 Å². The van der Waals surface area contributed by atoms with Crippen molar-refractivity contribution >= 4 is 11.3 Å². The van der Waals surface area contributed by atoms with Crippen LogP contribution < -0.4 is 9.47 Å². The minimum absolute atomic E-state index is 0.682. The zero-order valence-corrected chi connectivity index (χ0v) is 15.8. The third-order valence-corrected chi connectivity index (χ3v) is 5.26. The lowest BCUT2D eigenvalue weighted by Crippen LogP contribution is -2.28. The van der Waals surface area contributed by atoms with Crippen LogP contribution in [0.15, 0.2) is 39.4 Å². The quantitative estimate of drug-likeness (QED) is 0.676. The fourth-order valence-electron chi connectivity index (χ4n) is 3.22. The molecule has 0 N–H and O–H groups in total. The van der Waals surface area contributed by atoms with Gasteiger partial charge in [0.25, 0.3) is 0 Å². The van der Waals surface area contributed by atoms with Gasteiger partial charge in [-0.25, -0.2) is 4.98 Å². The lowest BCUT2D eigenvalue weighted by molar-refractivity contribution is 0.193. The molecular formula is C20H22N2O3S. The monoisotopic (exact) mass is 370 g/mol. The summed E-state index contributed by atoms with van der Waals surface area (Å²) in [6.45, 7) is 5.18. The van der Waals surface area contributed by atoms with Gasteiger partial charge in [-0.1, -0.05) is 12.1 Å². The molecule has 5 nitrogen and oxygen atoms in total. The fourth-order valence-corrected chi connectivity index (χ4v) is 3.85. The molecule has 2 aromatic heterocycles. The van der Waals surface area contributed by atoms with Gasteiger partial charge in [0.1, 0.15) is 5.76 Å². The summed E-state index contributed by atoms with van der Waals surface area (Å²) >= 11 is 1.65. The first kappa shape index (κ1) is 17.1. The van der Waals surface area contributed by atoms with Crippen molar-refractivity contribution in [2.45, 2.75) is 26.4 Å². The van der Waals surface area contributed by atoms with Gasteiger partial charge in [-0.3, -0.25) is 4.90 Å². The predicted octanol–water partition coefficient (Wildman–Crippen LogP) is 4.50. The first-order chi connectivity index (χ1) is 12.7. The summed E-state index contributed by atoms with van der Waals surface area (Å²) in [6.07, 6.45) is 0.964. The van der Waals surface area contributed by atoms with E-state index in [1.54, 1.807) is 18.4 Å². The number of benzene rings is 1. The average molecular weight is 370 g/mol. The molecule has 4 rings (SSSR count). The Morgan fingerprint density at radius 2 is 2.23 bits per heavy atom. The normalized spacial score (nSPS) is 15.0. The fraction of sp³-hybridized carbons (Fsp3) is 0.350. The average Bonchev–Trinajstić information content (AvgIpc) is 3.27. The molecular weight excluding hydrogens is 348 g/mol. The number of thiophene rings is 1. The van der Waals surface area contributed by atoms with Gasteiger partial charge in [0, 0.05) is 36.1 Å². The first-order valence-corrected chi connectivity index (χ1v) is 9.69. The third-order valence-electron chi connectivity index (χ3n) is 4.57. The molecule has 6 heteroatoms. The number of ether oxygens (including phenoxy) is 2. The highest BCUT2D eigenvalue weighted by atomic mass is 32.1. The number of aromatic nitrogens is 1. The maximum Gasteiger partial charge on any atom is 0.227 e. The van der Waals surface area contributed by atoms with Gasteiger partial charge in [0.05, 0.1) is 19.4 Å². The number of methoxy groups -OCH3 is 1. The zero-order valence-electron chi connectivity index (χ0n) is 15.0. The lowest BCUT2D eigenvalue weighted by atomic mass is 10.1. The molecule has 1 aliphatic heterocycles. The molecule has 3 aromatic rings. The van der Waals surface area contributed by atoms with Crippen molar-refractivity contribution in [2.24, 2.45) is 0 Å². The van der Waals surface area contributed by atoms with E-state index in [1.807, 2.05) is 30.5 Å². The van der Waals surface area contributed by atoms with Crippen molar-refractivity contribution in [1.82, 2.24) is 9.88 Å². The second-order valence-electron chi connectivity index (χ2n) is 6.40. The Bertz CT molecular complexity index is 873. The molecule has 0 saturated carbocycles. The SMILES string of the molecule is COc1cccc2c1OCCCN(Cc1nc(-c3ccsc3)oc1C)C2. The van der Waals surface area contributed by atoms with Crippen LogP contribution in [0.1, 0.15) is 23.4 Å². The maximum atomic E-state index is 5.94. The highest BCUT2D eigenvalue weighted by molar-refractivity contribution is 7.08. The van der Waals surface area contributed by atoms with Gasteiger partial charge in [0.2, 0.25) is 5.89 Å². The molecule has 1 aromatic carbocycles. The molecule has 26 heavy (non-hydrogen) atoms. The number of rotatable bonds is 4. The zero-order chi connectivity index (χ0) is 17.9. The summed E-state index contributed by atoms with van der Waals surface area (Å²) in [4.78, 5) is 7.12. The Morgan fingerprint density at radius 1 is 1.31 bits per heavy atom. The van der Waals surface area contributed by atoms with Crippen molar-refractivity contribution in [1.29, 1.82) is 0 Å². The summed E-state index contributed by atoms with van der Waals surface area (Å²) in [6, 6.07) is 8.09. The van der Waals surface area contributed by atoms with Crippen LogP contribution in [-0.2, 0) is 13.1 Å². The molecule has 0 radical (unpaired) electrons. The second kappa shape index (κ2) is 7.51. The molecule has 0 aliphatic carbocycles. The molecule has 0 atom stereocenters. The van der Waals surface area contributed by atoms with Gasteiger partial charge in [-0.05, 0) is 30.9 Å². The molecule has 3 heterocycles. The molecule has 136 valence electrons. The van der Waals surface area contributed by atoms with Crippen LogP contribution in [0.4, 0.5) is 0 Å².